The van der Waals surface area contributed by atoms with Crippen LogP contribution in [0, 0.1) is 0 Å². The molecule has 0 saturated heterocycles. The Bertz CT molecular complexity index is 388. The SMILES string of the molecule is CSC(C)(C)CNc1nc[nH]c(=O)c1N. The van der Waals surface area contributed by atoms with Crippen LogP contribution in [-0.4, -0.2) is 27.5 Å². The summed E-state index contributed by atoms with van der Waals surface area (Å²) in [4.78, 5) is 17.6. The Hall–Kier alpha value is -1.17. The zero-order valence-corrected chi connectivity index (χ0v) is 9.94. The van der Waals surface area contributed by atoms with Crippen LogP contribution in [0.15, 0.2) is 11.1 Å². The minimum atomic E-state index is -0.311. The van der Waals surface area contributed by atoms with Gasteiger partial charge in [0.05, 0.1) is 6.33 Å². The van der Waals surface area contributed by atoms with Crippen molar-refractivity contribution in [2.75, 3.05) is 23.9 Å². The van der Waals surface area contributed by atoms with Gasteiger partial charge in [-0.15, -0.1) is 0 Å². The maximum absolute atomic E-state index is 11.2. The van der Waals surface area contributed by atoms with Gasteiger partial charge in [-0.05, 0) is 20.1 Å². The van der Waals surface area contributed by atoms with Gasteiger partial charge in [0.15, 0.2) is 5.82 Å². The number of nitrogens with one attached hydrogen (secondary N) is 2. The summed E-state index contributed by atoms with van der Waals surface area (Å²) >= 11 is 1.74. The molecule has 0 amide bonds. The second-order valence-electron chi connectivity index (χ2n) is 3.81. The summed E-state index contributed by atoms with van der Waals surface area (Å²) in [7, 11) is 0. The summed E-state index contributed by atoms with van der Waals surface area (Å²) < 4.78 is 0.0801. The van der Waals surface area contributed by atoms with Crippen molar-refractivity contribution >= 4 is 23.3 Å². The number of aromatic amines is 1. The van der Waals surface area contributed by atoms with E-state index in [1.807, 2.05) is 6.26 Å². The van der Waals surface area contributed by atoms with E-state index in [1.165, 1.54) is 6.33 Å². The quantitative estimate of drug-likeness (QED) is 0.713. The lowest BCUT2D eigenvalue weighted by atomic mass is 10.2. The highest BCUT2D eigenvalue weighted by Crippen LogP contribution is 2.21. The fraction of sp³-hybridized carbons (Fsp3) is 0.556. The highest BCUT2D eigenvalue weighted by atomic mass is 32.2. The normalized spacial score (nSPS) is 11.4. The molecule has 0 aromatic carbocycles. The third-order valence-electron chi connectivity index (χ3n) is 2.12. The Kier molecular flexibility index (Phi) is 3.62. The highest BCUT2D eigenvalue weighted by molar-refractivity contribution is 7.99. The molecule has 0 bridgehead atoms. The molecule has 0 unspecified atom stereocenters. The van der Waals surface area contributed by atoms with Gasteiger partial charge < -0.3 is 16.0 Å². The molecule has 15 heavy (non-hydrogen) atoms. The molecule has 5 nitrogen and oxygen atoms in total. The third-order valence-corrected chi connectivity index (χ3v) is 3.37. The number of H-pyrrole nitrogens is 1. The first-order chi connectivity index (χ1) is 6.96. The molecule has 6 heteroatoms. The minimum Gasteiger partial charge on any atom is -0.391 e. The van der Waals surface area contributed by atoms with Gasteiger partial charge in [-0.2, -0.15) is 11.8 Å². The smallest absolute Gasteiger partial charge is 0.276 e. The van der Waals surface area contributed by atoms with Crippen molar-refractivity contribution < 1.29 is 0 Å². The molecule has 0 aliphatic carbocycles. The molecule has 1 aromatic heterocycles. The predicted molar refractivity (Wildman–Crippen MR) is 65.4 cm³/mol. The molecular formula is C9H16N4OS. The van der Waals surface area contributed by atoms with E-state index >= 15 is 0 Å². The maximum Gasteiger partial charge on any atom is 0.276 e. The topological polar surface area (TPSA) is 83.8 Å². The number of anilines is 2. The first-order valence-corrected chi connectivity index (χ1v) is 5.81. The highest BCUT2D eigenvalue weighted by Gasteiger charge is 2.16. The molecular weight excluding hydrogens is 212 g/mol. The molecule has 0 atom stereocenters. The van der Waals surface area contributed by atoms with Gasteiger partial charge in [-0.1, -0.05) is 0 Å². The summed E-state index contributed by atoms with van der Waals surface area (Å²) in [5.41, 5.74) is 5.40. The van der Waals surface area contributed by atoms with E-state index in [0.29, 0.717) is 12.4 Å². The lowest BCUT2D eigenvalue weighted by molar-refractivity contribution is 0.750. The third kappa shape index (κ3) is 3.16. The van der Waals surface area contributed by atoms with Crippen LogP contribution in [0.2, 0.25) is 0 Å². The van der Waals surface area contributed by atoms with Crippen LogP contribution in [0.25, 0.3) is 0 Å². The van der Waals surface area contributed by atoms with E-state index in [4.69, 9.17) is 5.73 Å². The van der Waals surface area contributed by atoms with Crippen LogP contribution in [0.4, 0.5) is 11.5 Å². The monoisotopic (exact) mass is 228 g/mol. The van der Waals surface area contributed by atoms with Gasteiger partial charge in [0.2, 0.25) is 0 Å². The van der Waals surface area contributed by atoms with Crippen LogP contribution in [0.1, 0.15) is 13.8 Å². The van der Waals surface area contributed by atoms with Crippen LogP contribution < -0.4 is 16.6 Å². The number of rotatable bonds is 4. The number of thioether (sulfide) groups is 1. The van der Waals surface area contributed by atoms with Crippen molar-refractivity contribution in [2.24, 2.45) is 0 Å². The average molecular weight is 228 g/mol. The molecule has 0 saturated carbocycles. The van der Waals surface area contributed by atoms with Crippen LogP contribution >= 0.6 is 11.8 Å². The standard InChI is InChI=1S/C9H16N4OS/c1-9(2,15-3)4-11-7-6(10)8(14)13-5-12-7/h5H,4,10H2,1-3H3,(H2,11,12,13,14). The number of nitrogens with zero attached hydrogens (tertiary/aromatic N) is 1. The number of hydrogen-bond acceptors (Lipinski definition) is 5. The van der Waals surface area contributed by atoms with E-state index in [2.05, 4.69) is 29.1 Å². The molecule has 0 aliphatic heterocycles. The van der Waals surface area contributed by atoms with Crippen LogP contribution in [0.5, 0.6) is 0 Å². The molecule has 1 aromatic rings. The van der Waals surface area contributed by atoms with Gasteiger partial charge in [-0.25, -0.2) is 4.98 Å². The molecule has 0 fully saturated rings. The van der Waals surface area contributed by atoms with Crippen molar-refractivity contribution in [3.8, 4) is 0 Å². The summed E-state index contributed by atoms with van der Waals surface area (Å²) in [6, 6.07) is 0. The summed E-state index contributed by atoms with van der Waals surface area (Å²) in [5.74, 6) is 0.445. The second-order valence-corrected chi connectivity index (χ2v) is 5.32. The van der Waals surface area contributed by atoms with Crippen molar-refractivity contribution in [3.05, 3.63) is 16.7 Å². The maximum atomic E-state index is 11.2. The number of nitrogen functional groups attached to an aromatic ring is 1. The van der Waals surface area contributed by atoms with E-state index in [9.17, 15) is 4.79 Å². The molecule has 84 valence electrons. The van der Waals surface area contributed by atoms with Gasteiger partial charge >= 0.3 is 0 Å². The van der Waals surface area contributed by atoms with Crippen molar-refractivity contribution in [1.29, 1.82) is 0 Å². The molecule has 1 rings (SSSR count). The van der Waals surface area contributed by atoms with Gasteiger partial charge in [0, 0.05) is 11.3 Å². The fourth-order valence-corrected chi connectivity index (χ4v) is 1.14. The zero-order chi connectivity index (χ0) is 11.5. The van der Waals surface area contributed by atoms with Crippen LogP contribution in [0.3, 0.4) is 0 Å². The summed E-state index contributed by atoms with van der Waals surface area (Å²) in [6.07, 6.45) is 3.38. The number of aromatic nitrogens is 2. The Morgan fingerprint density at radius 3 is 2.93 bits per heavy atom. The Balaban J connectivity index is 2.74. The van der Waals surface area contributed by atoms with E-state index in [-0.39, 0.29) is 16.0 Å². The summed E-state index contributed by atoms with van der Waals surface area (Å²) in [5, 5.41) is 3.07. The molecule has 0 aliphatic rings. The lowest BCUT2D eigenvalue weighted by Crippen LogP contribution is -2.27. The molecule has 1 heterocycles. The zero-order valence-electron chi connectivity index (χ0n) is 9.13. The largest absolute Gasteiger partial charge is 0.391 e. The lowest BCUT2D eigenvalue weighted by Gasteiger charge is -2.22. The van der Waals surface area contributed by atoms with Crippen molar-refractivity contribution in [3.63, 3.8) is 0 Å². The number of hydrogen-bond donors (Lipinski definition) is 3. The van der Waals surface area contributed by atoms with Gasteiger partial charge in [0.1, 0.15) is 5.69 Å². The second kappa shape index (κ2) is 4.57. The van der Waals surface area contributed by atoms with Gasteiger partial charge in [0.25, 0.3) is 5.56 Å². The minimum absolute atomic E-state index is 0.0801. The number of nitrogens with two attached hydrogens (primary N) is 1. The van der Waals surface area contributed by atoms with Crippen molar-refractivity contribution in [1.82, 2.24) is 9.97 Å². The van der Waals surface area contributed by atoms with E-state index in [1.54, 1.807) is 11.8 Å². The molecule has 4 N–H and O–H groups in total. The van der Waals surface area contributed by atoms with Gasteiger partial charge in [-0.3, -0.25) is 4.79 Å². The fourth-order valence-electron chi connectivity index (χ4n) is 0.920. The Morgan fingerprint density at radius 1 is 1.67 bits per heavy atom. The van der Waals surface area contributed by atoms with E-state index in [0.717, 1.165) is 0 Å². The summed E-state index contributed by atoms with van der Waals surface area (Å²) in [6.45, 7) is 4.91. The molecule has 0 spiro atoms. The Labute approximate surface area is 92.9 Å². The first kappa shape index (κ1) is 11.9. The molecule has 0 radical (unpaired) electrons. The first-order valence-electron chi connectivity index (χ1n) is 4.58. The predicted octanol–water partition coefficient (Wildman–Crippen LogP) is 0.906. The Morgan fingerprint density at radius 2 is 2.33 bits per heavy atom. The van der Waals surface area contributed by atoms with E-state index < -0.39 is 0 Å². The van der Waals surface area contributed by atoms with Crippen molar-refractivity contribution in [2.45, 2.75) is 18.6 Å². The van der Waals surface area contributed by atoms with Crippen LogP contribution in [-0.2, 0) is 0 Å². The average Bonchev–Trinajstić information content (AvgIpc) is 2.20.